The van der Waals surface area contributed by atoms with E-state index in [-0.39, 0.29) is 0 Å². The first-order valence-electron chi connectivity index (χ1n) is 6.61. The summed E-state index contributed by atoms with van der Waals surface area (Å²) >= 11 is 0. The fourth-order valence-corrected chi connectivity index (χ4v) is 2.72. The summed E-state index contributed by atoms with van der Waals surface area (Å²) in [7, 11) is 0. The molecule has 0 aliphatic heterocycles. The lowest BCUT2D eigenvalue weighted by atomic mass is 9.97. The van der Waals surface area contributed by atoms with Crippen molar-refractivity contribution in [2.75, 3.05) is 6.54 Å². The van der Waals surface area contributed by atoms with Crippen LogP contribution in [0.15, 0.2) is 22.8 Å². The number of hydrogen-bond donors (Lipinski definition) is 1. The number of hydrogen-bond acceptors (Lipinski definition) is 2. The highest BCUT2D eigenvalue weighted by Gasteiger charge is 2.41. The Balaban J connectivity index is 1.51. The van der Waals surface area contributed by atoms with Crippen LogP contribution in [0.2, 0.25) is 0 Å². The van der Waals surface area contributed by atoms with Gasteiger partial charge in [-0.3, -0.25) is 0 Å². The lowest BCUT2D eigenvalue weighted by Crippen LogP contribution is -2.27. The molecule has 2 aliphatic carbocycles. The zero-order valence-electron chi connectivity index (χ0n) is 9.99. The highest BCUT2D eigenvalue weighted by atomic mass is 16.3. The van der Waals surface area contributed by atoms with Crippen molar-refractivity contribution in [3.63, 3.8) is 0 Å². The van der Waals surface area contributed by atoms with Crippen LogP contribution in [-0.4, -0.2) is 6.54 Å². The van der Waals surface area contributed by atoms with Crippen molar-refractivity contribution in [2.24, 2.45) is 17.8 Å². The van der Waals surface area contributed by atoms with Crippen LogP contribution >= 0.6 is 0 Å². The normalized spacial score (nSPS) is 22.6. The predicted octanol–water partition coefficient (Wildman–Crippen LogP) is 3.37. The van der Waals surface area contributed by atoms with E-state index in [4.69, 9.17) is 4.42 Å². The Morgan fingerprint density at radius 2 is 2.00 bits per heavy atom. The summed E-state index contributed by atoms with van der Waals surface area (Å²) in [4.78, 5) is 0. The fourth-order valence-electron chi connectivity index (χ4n) is 2.72. The fraction of sp³-hybridized carbons (Fsp3) is 0.714. The van der Waals surface area contributed by atoms with Gasteiger partial charge in [-0.15, -0.1) is 0 Å². The Morgan fingerprint density at radius 1 is 1.31 bits per heavy atom. The maximum atomic E-state index is 5.42. The second kappa shape index (κ2) is 4.25. The zero-order valence-corrected chi connectivity index (χ0v) is 9.99. The third-order valence-corrected chi connectivity index (χ3v) is 4.08. The molecule has 1 atom stereocenters. The van der Waals surface area contributed by atoms with E-state index in [1.165, 1.54) is 32.2 Å². The molecule has 0 spiro atoms. The Hall–Kier alpha value is -0.760. The van der Waals surface area contributed by atoms with Crippen LogP contribution in [0, 0.1) is 17.8 Å². The van der Waals surface area contributed by atoms with E-state index >= 15 is 0 Å². The topological polar surface area (TPSA) is 25.2 Å². The van der Waals surface area contributed by atoms with Crippen LogP contribution in [0.25, 0.3) is 0 Å². The molecule has 88 valence electrons. The molecule has 1 unspecified atom stereocenters. The van der Waals surface area contributed by atoms with Crippen LogP contribution in [0.4, 0.5) is 0 Å². The van der Waals surface area contributed by atoms with Gasteiger partial charge in [0.05, 0.1) is 12.3 Å². The molecule has 0 bridgehead atoms. The third kappa shape index (κ3) is 2.32. The maximum Gasteiger partial charge on any atom is 0.120 e. The molecule has 1 heterocycles. The lowest BCUT2D eigenvalue weighted by Gasteiger charge is -2.19. The number of nitrogens with one attached hydrogen (secondary N) is 1. The number of furan rings is 1. The van der Waals surface area contributed by atoms with Gasteiger partial charge in [0.1, 0.15) is 5.76 Å². The Morgan fingerprint density at radius 3 is 2.50 bits per heavy atom. The molecule has 1 N–H and O–H groups in total. The molecule has 0 saturated heterocycles. The quantitative estimate of drug-likeness (QED) is 0.793. The summed E-state index contributed by atoms with van der Waals surface area (Å²) in [6, 6.07) is 4.38. The van der Waals surface area contributed by atoms with Crippen LogP contribution in [0.3, 0.4) is 0 Å². The standard InChI is InChI=1S/C14H21NO/c1-10(14-3-2-8-16-14)15-9-13(11-4-5-11)12-6-7-12/h2-3,8,10-13,15H,4-7,9H2,1H3. The van der Waals surface area contributed by atoms with Crippen molar-refractivity contribution >= 4 is 0 Å². The van der Waals surface area contributed by atoms with Gasteiger partial charge in [0.15, 0.2) is 0 Å². The summed E-state index contributed by atoms with van der Waals surface area (Å²) in [6.45, 7) is 3.37. The van der Waals surface area contributed by atoms with E-state index in [2.05, 4.69) is 18.3 Å². The van der Waals surface area contributed by atoms with Gasteiger partial charge in [0, 0.05) is 0 Å². The molecule has 2 fully saturated rings. The van der Waals surface area contributed by atoms with E-state index in [0.717, 1.165) is 23.5 Å². The first kappa shape index (κ1) is 10.4. The third-order valence-electron chi connectivity index (χ3n) is 4.08. The second-order valence-corrected chi connectivity index (χ2v) is 5.48. The molecule has 16 heavy (non-hydrogen) atoms. The van der Waals surface area contributed by atoms with Crippen molar-refractivity contribution in [1.82, 2.24) is 5.32 Å². The van der Waals surface area contributed by atoms with E-state index in [1.807, 2.05) is 6.07 Å². The number of rotatable bonds is 6. The second-order valence-electron chi connectivity index (χ2n) is 5.48. The van der Waals surface area contributed by atoms with Gasteiger partial charge in [-0.2, -0.15) is 0 Å². The maximum absolute atomic E-state index is 5.42. The van der Waals surface area contributed by atoms with Crippen molar-refractivity contribution in [3.05, 3.63) is 24.2 Å². The molecule has 0 amide bonds. The Labute approximate surface area is 97.4 Å². The van der Waals surface area contributed by atoms with Crippen LogP contribution in [0.5, 0.6) is 0 Å². The molecule has 2 heteroatoms. The first-order chi connectivity index (χ1) is 7.84. The van der Waals surface area contributed by atoms with E-state index in [1.54, 1.807) is 6.26 Å². The first-order valence-corrected chi connectivity index (χ1v) is 6.61. The summed E-state index contributed by atoms with van der Waals surface area (Å²) in [6.07, 6.45) is 7.64. The zero-order chi connectivity index (χ0) is 11.0. The monoisotopic (exact) mass is 219 g/mol. The summed E-state index contributed by atoms with van der Waals surface area (Å²) < 4.78 is 5.42. The smallest absolute Gasteiger partial charge is 0.120 e. The van der Waals surface area contributed by atoms with Crippen molar-refractivity contribution in [1.29, 1.82) is 0 Å². The van der Waals surface area contributed by atoms with Gasteiger partial charge >= 0.3 is 0 Å². The molecule has 0 aromatic carbocycles. The highest BCUT2D eigenvalue weighted by molar-refractivity contribution is 5.03. The minimum absolute atomic E-state index is 0.356. The van der Waals surface area contributed by atoms with Gasteiger partial charge in [0.2, 0.25) is 0 Å². The van der Waals surface area contributed by atoms with Gasteiger partial charge in [0.25, 0.3) is 0 Å². The average molecular weight is 219 g/mol. The molecule has 1 aromatic heterocycles. The Bertz CT molecular complexity index is 313. The van der Waals surface area contributed by atoms with E-state index in [0.29, 0.717) is 6.04 Å². The Kier molecular flexibility index (Phi) is 2.76. The molecule has 3 rings (SSSR count). The molecule has 2 aliphatic rings. The SMILES string of the molecule is CC(NCC(C1CC1)C1CC1)c1ccco1. The minimum Gasteiger partial charge on any atom is -0.468 e. The van der Waals surface area contributed by atoms with Gasteiger partial charge in [-0.25, -0.2) is 0 Å². The van der Waals surface area contributed by atoms with E-state index in [9.17, 15) is 0 Å². The summed E-state index contributed by atoms with van der Waals surface area (Å²) in [5.74, 6) is 4.07. The van der Waals surface area contributed by atoms with Gasteiger partial charge in [-0.05, 0) is 69.0 Å². The van der Waals surface area contributed by atoms with Gasteiger partial charge in [-0.1, -0.05) is 0 Å². The molecule has 0 radical (unpaired) electrons. The predicted molar refractivity (Wildman–Crippen MR) is 64.1 cm³/mol. The molecule has 2 saturated carbocycles. The van der Waals surface area contributed by atoms with Crippen LogP contribution in [-0.2, 0) is 0 Å². The lowest BCUT2D eigenvalue weighted by molar-refractivity contribution is 0.343. The largest absolute Gasteiger partial charge is 0.468 e. The minimum atomic E-state index is 0.356. The van der Waals surface area contributed by atoms with Gasteiger partial charge < -0.3 is 9.73 Å². The van der Waals surface area contributed by atoms with Crippen LogP contribution < -0.4 is 5.32 Å². The molecule has 1 aromatic rings. The summed E-state index contributed by atoms with van der Waals surface area (Å²) in [5.41, 5.74) is 0. The van der Waals surface area contributed by atoms with E-state index < -0.39 is 0 Å². The molecule has 2 nitrogen and oxygen atoms in total. The van der Waals surface area contributed by atoms with Crippen molar-refractivity contribution in [3.8, 4) is 0 Å². The molecular weight excluding hydrogens is 198 g/mol. The average Bonchev–Trinajstić information content (AvgIpc) is 3.21. The summed E-state index contributed by atoms with van der Waals surface area (Å²) in [5, 5.41) is 3.63. The molecular formula is C14H21NO. The highest BCUT2D eigenvalue weighted by Crippen LogP contribution is 2.48. The van der Waals surface area contributed by atoms with Crippen molar-refractivity contribution in [2.45, 2.75) is 38.6 Å². The van der Waals surface area contributed by atoms with Crippen LogP contribution in [0.1, 0.15) is 44.4 Å². The van der Waals surface area contributed by atoms with Crippen molar-refractivity contribution < 1.29 is 4.42 Å².